The number of hydrogen-bond donors (Lipinski definition) is 0. The number of carbonyl (C=O) groups excluding carboxylic acids is 2. The Kier molecular flexibility index (Phi) is 8.58. The summed E-state index contributed by atoms with van der Waals surface area (Å²) in [6.07, 6.45) is 6.65. The standard InChI is InChI=1S/C39H52O5Si/c1-26-15-14-16-30-22-29(25-42-45(37(4,5)6,31-17-10-8-11-18-31)32-19-12-9-13-20-32)28(3)24-39(30)35-38(7,36(41)44-39)34(40)23-33(43-35)27(2)21-26/h8-13,17-20,22,26-28,30,33,35H,14-16,21,23-25H2,1-7H3/t26-,27-,28+,30+,33+,35-,38+,39+/m1/s1. The van der Waals surface area contributed by atoms with Gasteiger partial charge in [0.1, 0.15) is 11.7 Å². The van der Waals surface area contributed by atoms with Gasteiger partial charge in [-0.3, -0.25) is 9.59 Å². The predicted octanol–water partition coefficient (Wildman–Crippen LogP) is 7.02. The zero-order chi connectivity index (χ0) is 32.2. The number of rotatable bonds is 5. The molecule has 4 aliphatic rings. The van der Waals surface area contributed by atoms with Crippen molar-refractivity contribution < 1.29 is 23.5 Å². The van der Waals surface area contributed by atoms with Crippen molar-refractivity contribution in [3.05, 3.63) is 72.3 Å². The van der Waals surface area contributed by atoms with Crippen LogP contribution < -0.4 is 10.4 Å². The number of benzene rings is 2. The zero-order valence-electron chi connectivity index (χ0n) is 28.3. The molecule has 2 aromatic rings. The Morgan fingerprint density at radius 2 is 1.56 bits per heavy atom. The Morgan fingerprint density at radius 1 is 0.933 bits per heavy atom. The number of carbonyl (C=O) groups is 2. The van der Waals surface area contributed by atoms with Crippen LogP contribution in [0.4, 0.5) is 0 Å². The topological polar surface area (TPSA) is 61.8 Å². The van der Waals surface area contributed by atoms with Crippen LogP contribution in [-0.2, 0) is 23.5 Å². The highest BCUT2D eigenvalue weighted by molar-refractivity contribution is 6.99. The fourth-order valence-corrected chi connectivity index (χ4v) is 13.7. The monoisotopic (exact) mass is 628 g/mol. The summed E-state index contributed by atoms with van der Waals surface area (Å²) >= 11 is 0. The predicted molar refractivity (Wildman–Crippen MR) is 181 cm³/mol. The molecule has 3 heterocycles. The zero-order valence-corrected chi connectivity index (χ0v) is 29.3. The van der Waals surface area contributed by atoms with Gasteiger partial charge in [0.25, 0.3) is 8.32 Å². The molecule has 1 spiro atoms. The molecular formula is C39H52O5Si. The lowest BCUT2D eigenvalue weighted by atomic mass is 9.62. The number of hydrogen-bond acceptors (Lipinski definition) is 5. The van der Waals surface area contributed by atoms with Crippen molar-refractivity contribution in [1.29, 1.82) is 0 Å². The minimum atomic E-state index is -2.73. The van der Waals surface area contributed by atoms with Gasteiger partial charge >= 0.3 is 5.97 Å². The molecule has 1 aliphatic carbocycles. The number of fused-ring (bicyclic) bond motifs is 1. The van der Waals surface area contributed by atoms with Crippen LogP contribution >= 0.6 is 0 Å². The van der Waals surface area contributed by atoms with E-state index in [4.69, 9.17) is 13.9 Å². The quantitative estimate of drug-likeness (QED) is 0.154. The van der Waals surface area contributed by atoms with Crippen molar-refractivity contribution in [3.8, 4) is 0 Å². The maximum atomic E-state index is 13.8. The van der Waals surface area contributed by atoms with Crippen LogP contribution in [0.1, 0.15) is 87.0 Å². The van der Waals surface area contributed by atoms with E-state index < -0.39 is 31.4 Å². The number of Topliss-reactive ketones (excluding diaryl/α,β-unsaturated/α-hetero) is 1. The average Bonchev–Trinajstić information content (AvgIpc) is 3.21. The van der Waals surface area contributed by atoms with Crippen molar-refractivity contribution in [2.45, 2.75) is 110 Å². The summed E-state index contributed by atoms with van der Waals surface area (Å²) in [7, 11) is -2.73. The summed E-state index contributed by atoms with van der Waals surface area (Å²) in [5.74, 6) is 0.467. The van der Waals surface area contributed by atoms with Crippen molar-refractivity contribution in [2.24, 2.45) is 29.1 Å². The third-order valence-electron chi connectivity index (χ3n) is 11.7. The first kappa shape index (κ1) is 32.4. The number of esters is 1. The lowest BCUT2D eigenvalue weighted by Gasteiger charge is -2.49. The fraction of sp³-hybridized carbons (Fsp3) is 0.590. The Hall–Kier alpha value is -2.54. The number of ether oxygens (including phenoxy) is 2. The Labute approximate surface area is 271 Å². The molecule has 0 N–H and O–H groups in total. The third-order valence-corrected chi connectivity index (χ3v) is 16.7. The van der Waals surface area contributed by atoms with Crippen LogP contribution in [0.15, 0.2) is 72.3 Å². The minimum Gasteiger partial charge on any atom is -0.455 e. The van der Waals surface area contributed by atoms with Gasteiger partial charge in [-0.15, -0.1) is 0 Å². The molecule has 3 fully saturated rings. The number of ketones is 1. The summed E-state index contributed by atoms with van der Waals surface area (Å²) in [5.41, 5.74) is -0.823. The van der Waals surface area contributed by atoms with E-state index in [0.717, 1.165) is 25.7 Å². The smallest absolute Gasteiger partial charge is 0.322 e. The molecule has 6 heteroatoms. The molecule has 3 aliphatic heterocycles. The molecule has 2 aromatic carbocycles. The van der Waals surface area contributed by atoms with E-state index in [1.54, 1.807) is 6.92 Å². The first-order chi connectivity index (χ1) is 21.3. The van der Waals surface area contributed by atoms with Crippen molar-refractivity contribution in [1.82, 2.24) is 0 Å². The van der Waals surface area contributed by atoms with Gasteiger partial charge in [-0.1, -0.05) is 121 Å². The van der Waals surface area contributed by atoms with Gasteiger partial charge in [0.05, 0.1) is 12.7 Å². The second-order valence-corrected chi connectivity index (χ2v) is 20.2. The molecule has 0 unspecified atom stereocenters. The largest absolute Gasteiger partial charge is 0.455 e. The van der Waals surface area contributed by atoms with E-state index >= 15 is 0 Å². The lowest BCUT2D eigenvalue weighted by Crippen LogP contribution is -2.66. The lowest BCUT2D eigenvalue weighted by molar-refractivity contribution is -0.188. The Balaban J connectivity index is 1.41. The van der Waals surface area contributed by atoms with Crippen molar-refractivity contribution in [3.63, 3.8) is 0 Å². The SMILES string of the molecule is C[C@@H]1CCC[C@H]2C=C(CO[Si](c3ccccc3)(c3ccccc3)C(C)(C)C)[C@@H](C)C[C@]23OC(=O)[C@@]2(C)C(=O)C[C@H](O[C@H]23)[C@H](C)C1. The molecule has 242 valence electrons. The van der Waals surface area contributed by atoms with Gasteiger partial charge in [0.2, 0.25) is 0 Å². The fourth-order valence-electron chi connectivity index (χ4n) is 9.20. The summed E-state index contributed by atoms with van der Waals surface area (Å²) in [5, 5.41) is 2.41. The highest BCUT2D eigenvalue weighted by Crippen LogP contribution is 2.57. The Bertz CT molecular complexity index is 1390. The van der Waals surface area contributed by atoms with Crippen molar-refractivity contribution in [2.75, 3.05) is 6.61 Å². The third kappa shape index (κ3) is 5.29. The molecule has 0 amide bonds. The van der Waals surface area contributed by atoms with Crippen LogP contribution in [0.25, 0.3) is 0 Å². The van der Waals surface area contributed by atoms with Crippen LogP contribution in [0, 0.1) is 29.1 Å². The molecule has 5 nitrogen and oxygen atoms in total. The summed E-state index contributed by atoms with van der Waals surface area (Å²) < 4.78 is 20.8. The normalized spacial score (nSPS) is 35.6. The molecule has 2 bridgehead atoms. The highest BCUT2D eigenvalue weighted by Gasteiger charge is 2.71. The maximum Gasteiger partial charge on any atom is 0.322 e. The second-order valence-electron chi connectivity index (χ2n) is 15.9. The molecular weight excluding hydrogens is 577 g/mol. The van der Waals surface area contributed by atoms with Crippen LogP contribution in [0.2, 0.25) is 5.04 Å². The van der Waals surface area contributed by atoms with Crippen LogP contribution in [-0.4, -0.2) is 44.5 Å². The first-order valence-corrected chi connectivity index (χ1v) is 19.1. The van der Waals surface area contributed by atoms with Gasteiger partial charge in [0.15, 0.2) is 11.2 Å². The van der Waals surface area contributed by atoms with Crippen LogP contribution in [0.3, 0.4) is 0 Å². The van der Waals surface area contributed by atoms with E-state index in [9.17, 15) is 9.59 Å². The van der Waals surface area contributed by atoms with Crippen LogP contribution in [0.5, 0.6) is 0 Å². The Morgan fingerprint density at radius 3 is 2.16 bits per heavy atom. The molecule has 0 radical (unpaired) electrons. The van der Waals surface area contributed by atoms with Gasteiger partial charge in [0, 0.05) is 12.3 Å². The van der Waals surface area contributed by atoms with Gasteiger partial charge in [-0.2, -0.15) is 0 Å². The van der Waals surface area contributed by atoms with E-state index in [2.05, 4.69) is 108 Å². The molecule has 8 atom stereocenters. The van der Waals surface area contributed by atoms with Gasteiger partial charge in [-0.25, -0.2) is 0 Å². The molecule has 0 saturated carbocycles. The van der Waals surface area contributed by atoms with E-state index in [0.29, 0.717) is 25.4 Å². The molecule has 0 aromatic heterocycles. The second kappa shape index (κ2) is 11.9. The maximum absolute atomic E-state index is 13.8. The van der Waals surface area contributed by atoms with Gasteiger partial charge in [-0.05, 0) is 64.9 Å². The molecule has 3 saturated heterocycles. The van der Waals surface area contributed by atoms with E-state index in [-0.39, 0.29) is 34.7 Å². The summed E-state index contributed by atoms with van der Waals surface area (Å²) in [6.45, 7) is 16.0. The average molecular weight is 629 g/mol. The molecule has 6 rings (SSSR count). The summed E-state index contributed by atoms with van der Waals surface area (Å²) in [4.78, 5) is 27.4. The van der Waals surface area contributed by atoms with E-state index in [1.807, 2.05) is 0 Å². The van der Waals surface area contributed by atoms with Gasteiger partial charge < -0.3 is 13.9 Å². The molecule has 45 heavy (non-hydrogen) atoms. The minimum absolute atomic E-state index is 0.0134. The van der Waals surface area contributed by atoms with E-state index in [1.165, 1.54) is 15.9 Å². The first-order valence-electron chi connectivity index (χ1n) is 17.2. The summed E-state index contributed by atoms with van der Waals surface area (Å²) in [6, 6.07) is 21.6. The van der Waals surface area contributed by atoms with Crippen molar-refractivity contribution >= 4 is 30.4 Å². The highest BCUT2D eigenvalue weighted by atomic mass is 28.4.